The average molecular weight is 210 g/mol. The standard InChI is InChI=1S/C11H18N2O2/c1-7(2)13-9(14)6-8(11(3,4)5)12-10(13)15/h6-7H,1-5H3,(H,12,15). The Balaban J connectivity index is 3.47. The van der Waals surface area contributed by atoms with E-state index < -0.39 is 0 Å². The highest BCUT2D eigenvalue weighted by atomic mass is 16.2. The highest BCUT2D eigenvalue weighted by Gasteiger charge is 2.17. The first kappa shape index (κ1) is 11.8. The topological polar surface area (TPSA) is 54.9 Å². The Morgan fingerprint density at radius 3 is 2.13 bits per heavy atom. The molecule has 0 saturated carbocycles. The van der Waals surface area contributed by atoms with E-state index in [-0.39, 0.29) is 22.7 Å². The summed E-state index contributed by atoms with van der Waals surface area (Å²) in [5.41, 5.74) is -0.107. The largest absolute Gasteiger partial charge is 0.328 e. The number of nitrogens with one attached hydrogen (secondary N) is 1. The van der Waals surface area contributed by atoms with Crippen molar-refractivity contribution < 1.29 is 0 Å². The lowest BCUT2D eigenvalue weighted by Gasteiger charge is -2.19. The van der Waals surface area contributed by atoms with Gasteiger partial charge in [0.1, 0.15) is 0 Å². The number of hydrogen-bond acceptors (Lipinski definition) is 2. The summed E-state index contributed by atoms with van der Waals surface area (Å²) in [6.45, 7) is 9.49. The molecule has 0 atom stereocenters. The fraction of sp³-hybridized carbons (Fsp3) is 0.636. The molecule has 0 aliphatic heterocycles. The fourth-order valence-electron chi connectivity index (χ4n) is 1.40. The predicted octanol–water partition coefficient (Wildman–Crippen LogP) is 1.41. The maximum absolute atomic E-state index is 11.7. The van der Waals surface area contributed by atoms with E-state index in [1.165, 1.54) is 10.6 Å². The molecule has 0 aliphatic carbocycles. The summed E-state index contributed by atoms with van der Waals surface area (Å²) in [7, 11) is 0. The third-order valence-electron chi connectivity index (χ3n) is 2.29. The van der Waals surface area contributed by atoms with Gasteiger partial charge in [-0.2, -0.15) is 0 Å². The van der Waals surface area contributed by atoms with Crippen LogP contribution >= 0.6 is 0 Å². The van der Waals surface area contributed by atoms with Crippen LogP contribution < -0.4 is 11.2 Å². The summed E-state index contributed by atoms with van der Waals surface area (Å²) in [6.07, 6.45) is 0. The molecule has 1 aromatic rings. The van der Waals surface area contributed by atoms with Gasteiger partial charge in [0.05, 0.1) is 0 Å². The molecule has 1 N–H and O–H groups in total. The molecule has 0 aliphatic rings. The van der Waals surface area contributed by atoms with Crippen molar-refractivity contribution in [1.82, 2.24) is 9.55 Å². The molecule has 0 bridgehead atoms. The van der Waals surface area contributed by atoms with E-state index in [1.807, 2.05) is 34.6 Å². The first-order valence-corrected chi connectivity index (χ1v) is 5.10. The molecule has 0 saturated heterocycles. The van der Waals surface area contributed by atoms with Crippen LogP contribution in [0.1, 0.15) is 46.4 Å². The van der Waals surface area contributed by atoms with Gasteiger partial charge in [0, 0.05) is 23.2 Å². The van der Waals surface area contributed by atoms with Crippen LogP contribution in [0, 0.1) is 0 Å². The van der Waals surface area contributed by atoms with Crippen LogP contribution in [0.4, 0.5) is 0 Å². The first-order valence-electron chi connectivity index (χ1n) is 5.10. The lowest BCUT2D eigenvalue weighted by atomic mass is 9.92. The maximum Gasteiger partial charge on any atom is 0.328 e. The molecule has 0 spiro atoms. The second kappa shape index (κ2) is 3.68. The van der Waals surface area contributed by atoms with Crippen molar-refractivity contribution in [3.8, 4) is 0 Å². The van der Waals surface area contributed by atoms with Gasteiger partial charge in [0.15, 0.2) is 0 Å². The fourth-order valence-corrected chi connectivity index (χ4v) is 1.40. The van der Waals surface area contributed by atoms with E-state index in [0.29, 0.717) is 5.69 Å². The quantitative estimate of drug-likeness (QED) is 0.762. The van der Waals surface area contributed by atoms with Gasteiger partial charge in [-0.1, -0.05) is 20.8 Å². The molecular formula is C11H18N2O2. The van der Waals surface area contributed by atoms with Crippen molar-refractivity contribution in [2.45, 2.75) is 46.1 Å². The smallest absolute Gasteiger partial charge is 0.311 e. The SMILES string of the molecule is CC(C)n1c(=O)cc(C(C)(C)C)[nH]c1=O. The molecule has 0 aromatic carbocycles. The summed E-state index contributed by atoms with van der Waals surface area (Å²) in [5, 5.41) is 0. The highest BCUT2D eigenvalue weighted by molar-refractivity contribution is 5.10. The number of aromatic nitrogens is 2. The monoisotopic (exact) mass is 210 g/mol. The number of aromatic amines is 1. The number of H-pyrrole nitrogens is 1. The van der Waals surface area contributed by atoms with Gasteiger partial charge in [-0.25, -0.2) is 4.79 Å². The minimum atomic E-state index is -0.331. The summed E-state index contributed by atoms with van der Waals surface area (Å²) in [5.74, 6) is 0. The van der Waals surface area contributed by atoms with Gasteiger partial charge in [-0.3, -0.25) is 9.36 Å². The van der Waals surface area contributed by atoms with Gasteiger partial charge in [0.25, 0.3) is 5.56 Å². The molecule has 0 fully saturated rings. The molecule has 0 unspecified atom stereocenters. The average Bonchev–Trinajstić information content (AvgIpc) is 1.99. The summed E-state index contributed by atoms with van der Waals surface area (Å²) >= 11 is 0. The minimum Gasteiger partial charge on any atom is -0.311 e. The zero-order chi connectivity index (χ0) is 11.8. The Labute approximate surface area is 89.0 Å². The van der Waals surface area contributed by atoms with E-state index >= 15 is 0 Å². The van der Waals surface area contributed by atoms with E-state index in [0.717, 1.165) is 0 Å². The van der Waals surface area contributed by atoms with Gasteiger partial charge in [-0.15, -0.1) is 0 Å². The normalized spacial score (nSPS) is 12.1. The van der Waals surface area contributed by atoms with Crippen molar-refractivity contribution in [2.24, 2.45) is 0 Å². The van der Waals surface area contributed by atoms with Crippen molar-refractivity contribution in [3.63, 3.8) is 0 Å². The molecule has 4 nitrogen and oxygen atoms in total. The Morgan fingerprint density at radius 2 is 1.80 bits per heavy atom. The molecule has 0 amide bonds. The molecule has 1 rings (SSSR count). The number of rotatable bonds is 1. The lowest BCUT2D eigenvalue weighted by molar-refractivity contribution is 0.512. The van der Waals surface area contributed by atoms with Crippen LogP contribution in [-0.2, 0) is 5.41 Å². The summed E-state index contributed by atoms with van der Waals surface area (Å²) < 4.78 is 1.22. The van der Waals surface area contributed by atoms with Crippen molar-refractivity contribution >= 4 is 0 Å². The molecule has 0 radical (unpaired) electrons. The molecule has 15 heavy (non-hydrogen) atoms. The van der Waals surface area contributed by atoms with Crippen LogP contribution in [0.5, 0.6) is 0 Å². The van der Waals surface area contributed by atoms with Gasteiger partial charge in [-0.05, 0) is 13.8 Å². The number of hydrogen-bond donors (Lipinski definition) is 1. The van der Waals surface area contributed by atoms with Crippen molar-refractivity contribution in [3.05, 3.63) is 32.6 Å². The summed E-state index contributed by atoms with van der Waals surface area (Å²) in [4.78, 5) is 26.1. The predicted molar refractivity (Wildman–Crippen MR) is 60.4 cm³/mol. The molecule has 1 heterocycles. The van der Waals surface area contributed by atoms with Crippen LogP contribution in [0.2, 0.25) is 0 Å². The van der Waals surface area contributed by atoms with E-state index in [2.05, 4.69) is 4.98 Å². The number of nitrogens with zero attached hydrogens (tertiary/aromatic N) is 1. The Bertz CT molecular complexity index is 429. The highest BCUT2D eigenvalue weighted by Crippen LogP contribution is 2.16. The first-order chi connectivity index (χ1) is 6.73. The van der Waals surface area contributed by atoms with Crippen LogP contribution in [0.25, 0.3) is 0 Å². The van der Waals surface area contributed by atoms with Crippen molar-refractivity contribution in [2.75, 3.05) is 0 Å². The Kier molecular flexibility index (Phi) is 2.88. The zero-order valence-corrected chi connectivity index (χ0v) is 9.92. The third kappa shape index (κ3) is 2.37. The molecule has 4 heteroatoms. The van der Waals surface area contributed by atoms with Crippen LogP contribution in [0.3, 0.4) is 0 Å². The third-order valence-corrected chi connectivity index (χ3v) is 2.29. The second-order valence-corrected chi connectivity index (χ2v) is 5.04. The van der Waals surface area contributed by atoms with Gasteiger partial charge in [0.2, 0.25) is 0 Å². The van der Waals surface area contributed by atoms with Gasteiger partial charge < -0.3 is 4.98 Å². The van der Waals surface area contributed by atoms with E-state index in [9.17, 15) is 9.59 Å². The second-order valence-electron chi connectivity index (χ2n) is 5.04. The van der Waals surface area contributed by atoms with E-state index in [1.54, 1.807) is 0 Å². The summed E-state index contributed by atoms with van der Waals surface area (Å²) in [6, 6.07) is 1.39. The molecule has 1 aromatic heterocycles. The van der Waals surface area contributed by atoms with Gasteiger partial charge >= 0.3 is 5.69 Å². The Hall–Kier alpha value is -1.32. The van der Waals surface area contributed by atoms with Crippen molar-refractivity contribution in [1.29, 1.82) is 0 Å². The maximum atomic E-state index is 11.7. The van der Waals surface area contributed by atoms with Crippen LogP contribution in [0.15, 0.2) is 15.7 Å². The molecule has 84 valence electrons. The Morgan fingerprint density at radius 1 is 1.27 bits per heavy atom. The lowest BCUT2D eigenvalue weighted by Crippen LogP contribution is -2.38. The van der Waals surface area contributed by atoms with Crippen LogP contribution in [-0.4, -0.2) is 9.55 Å². The molecular weight excluding hydrogens is 192 g/mol. The van der Waals surface area contributed by atoms with E-state index in [4.69, 9.17) is 0 Å². The zero-order valence-electron chi connectivity index (χ0n) is 9.92. The minimum absolute atomic E-state index is 0.115.